The minimum Gasteiger partial charge on any atom is -0.300 e. The molecule has 1 aliphatic heterocycles. The Balaban J connectivity index is 1.67. The monoisotopic (exact) mass is 400 g/mol. The number of nitrogens with one attached hydrogen (secondary N) is 1. The second-order valence-electron chi connectivity index (χ2n) is 6.22. The molecule has 0 bridgehead atoms. The van der Waals surface area contributed by atoms with E-state index in [-0.39, 0.29) is 24.3 Å². The molecule has 0 spiro atoms. The first-order valence-corrected chi connectivity index (χ1v) is 11.2. The number of hydrogen-bond donors (Lipinski definition) is 1. The standard InChI is InChI=1S/C15H20N4O3S3/c1-10(2)14-17-18-15(24-14)16-13(20)11-5-3-7-19(9-11)25(21,22)12-6-4-8-23-12/h4,6,8,10-11H,3,5,7,9H2,1-2H3,(H,16,18,20). The van der Waals surface area contributed by atoms with Gasteiger partial charge in [0.25, 0.3) is 10.0 Å². The molecule has 1 saturated heterocycles. The van der Waals surface area contributed by atoms with E-state index in [1.807, 2.05) is 13.8 Å². The lowest BCUT2D eigenvalue weighted by Crippen LogP contribution is -2.43. The van der Waals surface area contributed by atoms with Crippen molar-refractivity contribution in [3.05, 3.63) is 22.5 Å². The molecule has 25 heavy (non-hydrogen) atoms. The average molecular weight is 401 g/mol. The molecule has 1 N–H and O–H groups in total. The number of carbonyl (C=O) groups is 1. The van der Waals surface area contributed by atoms with Crippen molar-refractivity contribution in [2.75, 3.05) is 18.4 Å². The summed E-state index contributed by atoms with van der Waals surface area (Å²) in [5, 5.41) is 13.9. The van der Waals surface area contributed by atoms with E-state index < -0.39 is 10.0 Å². The van der Waals surface area contributed by atoms with Gasteiger partial charge in [-0.2, -0.15) is 4.31 Å². The number of anilines is 1. The molecule has 0 radical (unpaired) electrons. The molecule has 0 saturated carbocycles. The summed E-state index contributed by atoms with van der Waals surface area (Å²) in [5.41, 5.74) is 0. The van der Waals surface area contributed by atoms with Gasteiger partial charge in [-0.05, 0) is 24.3 Å². The molecule has 136 valence electrons. The third-order valence-corrected chi connectivity index (χ3v) is 8.39. The molecule has 7 nitrogen and oxygen atoms in total. The summed E-state index contributed by atoms with van der Waals surface area (Å²) in [6.07, 6.45) is 1.33. The lowest BCUT2D eigenvalue weighted by Gasteiger charge is -2.30. The zero-order valence-electron chi connectivity index (χ0n) is 14.0. The average Bonchev–Trinajstić information content (AvgIpc) is 3.27. The summed E-state index contributed by atoms with van der Waals surface area (Å²) in [6.45, 7) is 4.67. The first-order valence-electron chi connectivity index (χ1n) is 8.06. The van der Waals surface area contributed by atoms with E-state index in [9.17, 15) is 13.2 Å². The van der Waals surface area contributed by atoms with Crippen molar-refractivity contribution >= 4 is 43.7 Å². The van der Waals surface area contributed by atoms with Gasteiger partial charge in [-0.15, -0.1) is 21.5 Å². The molecule has 2 aromatic rings. The molecule has 1 atom stereocenters. The maximum atomic E-state index is 12.6. The van der Waals surface area contributed by atoms with Gasteiger partial charge in [0.2, 0.25) is 11.0 Å². The highest BCUT2D eigenvalue weighted by Gasteiger charge is 2.34. The van der Waals surface area contributed by atoms with Crippen molar-refractivity contribution in [1.29, 1.82) is 0 Å². The van der Waals surface area contributed by atoms with Gasteiger partial charge < -0.3 is 5.32 Å². The van der Waals surface area contributed by atoms with Crippen molar-refractivity contribution in [3.8, 4) is 0 Å². The fourth-order valence-electron chi connectivity index (χ4n) is 2.64. The Kier molecular flexibility index (Phi) is 5.52. The van der Waals surface area contributed by atoms with E-state index >= 15 is 0 Å². The van der Waals surface area contributed by atoms with E-state index in [4.69, 9.17) is 0 Å². The van der Waals surface area contributed by atoms with Crippen molar-refractivity contribution in [3.63, 3.8) is 0 Å². The van der Waals surface area contributed by atoms with Crippen LogP contribution < -0.4 is 5.32 Å². The summed E-state index contributed by atoms with van der Waals surface area (Å²) in [4.78, 5) is 12.5. The zero-order valence-corrected chi connectivity index (χ0v) is 16.5. The van der Waals surface area contributed by atoms with Gasteiger partial charge in [-0.1, -0.05) is 31.3 Å². The molecular weight excluding hydrogens is 380 g/mol. The van der Waals surface area contributed by atoms with Crippen LogP contribution in [0.1, 0.15) is 37.6 Å². The Morgan fingerprint density at radius 1 is 1.40 bits per heavy atom. The fraction of sp³-hybridized carbons (Fsp3) is 0.533. The Morgan fingerprint density at radius 2 is 2.20 bits per heavy atom. The number of sulfonamides is 1. The van der Waals surface area contributed by atoms with Crippen LogP contribution in [-0.2, 0) is 14.8 Å². The van der Waals surface area contributed by atoms with Gasteiger partial charge in [0.1, 0.15) is 9.22 Å². The van der Waals surface area contributed by atoms with Crippen molar-refractivity contribution in [2.45, 2.75) is 36.8 Å². The normalized spacial score (nSPS) is 19.2. The Bertz CT molecular complexity index is 830. The molecule has 1 amide bonds. The number of rotatable bonds is 5. The van der Waals surface area contributed by atoms with Crippen LogP contribution >= 0.6 is 22.7 Å². The van der Waals surface area contributed by atoms with Crippen LogP contribution in [0.25, 0.3) is 0 Å². The van der Waals surface area contributed by atoms with Crippen LogP contribution in [0.3, 0.4) is 0 Å². The first kappa shape index (κ1) is 18.4. The summed E-state index contributed by atoms with van der Waals surface area (Å²) < 4.78 is 27.0. The molecule has 1 aliphatic rings. The number of thiophene rings is 1. The number of carbonyl (C=O) groups excluding carboxylic acids is 1. The maximum absolute atomic E-state index is 12.6. The number of piperidine rings is 1. The van der Waals surface area contributed by atoms with Crippen molar-refractivity contribution in [2.24, 2.45) is 5.92 Å². The molecule has 10 heteroatoms. The fourth-order valence-corrected chi connectivity index (χ4v) is 6.06. The predicted molar refractivity (Wildman–Crippen MR) is 98.4 cm³/mol. The number of amides is 1. The highest BCUT2D eigenvalue weighted by Crippen LogP contribution is 2.28. The summed E-state index contributed by atoms with van der Waals surface area (Å²) in [7, 11) is -3.52. The van der Waals surface area contributed by atoms with Gasteiger partial charge in [0, 0.05) is 19.0 Å². The maximum Gasteiger partial charge on any atom is 0.252 e. The summed E-state index contributed by atoms with van der Waals surface area (Å²) in [6, 6.07) is 3.31. The van der Waals surface area contributed by atoms with Crippen LogP contribution in [0.5, 0.6) is 0 Å². The molecule has 0 aromatic carbocycles. The molecular formula is C15H20N4O3S3. The highest BCUT2D eigenvalue weighted by molar-refractivity contribution is 7.91. The van der Waals surface area contributed by atoms with E-state index in [0.29, 0.717) is 28.7 Å². The molecule has 0 aliphatic carbocycles. The van der Waals surface area contributed by atoms with E-state index in [1.54, 1.807) is 17.5 Å². The third-order valence-electron chi connectivity index (χ3n) is 4.01. The molecule has 3 heterocycles. The van der Waals surface area contributed by atoms with Gasteiger partial charge in [0.15, 0.2) is 0 Å². The SMILES string of the molecule is CC(C)c1nnc(NC(=O)C2CCCN(S(=O)(=O)c3cccs3)C2)s1. The Morgan fingerprint density at radius 3 is 2.84 bits per heavy atom. The lowest BCUT2D eigenvalue weighted by molar-refractivity contribution is -0.120. The number of hydrogen-bond acceptors (Lipinski definition) is 7. The summed E-state index contributed by atoms with van der Waals surface area (Å²) in [5.74, 6) is -0.323. The first-order chi connectivity index (χ1) is 11.9. The summed E-state index contributed by atoms with van der Waals surface area (Å²) >= 11 is 2.55. The number of nitrogens with zero attached hydrogens (tertiary/aromatic N) is 3. The molecule has 2 aromatic heterocycles. The van der Waals surface area contributed by atoms with Crippen molar-refractivity contribution < 1.29 is 13.2 Å². The van der Waals surface area contributed by atoms with Gasteiger partial charge >= 0.3 is 0 Å². The van der Waals surface area contributed by atoms with Crippen LogP contribution in [0.4, 0.5) is 5.13 Å². The number of aromatic nitrogens is 2. The third kappa shape index (κ3) is 4.08. The minimum atomic E-state index is -3.52. The van der Waals surface area contributed by atoms with E-state index in [0.717, 1.165) is 5.01 Å². The predicted octanol–water partition coefficient (Wildman–Crippen LogP) is 2.76. The highest BCUT2D eigenvalue weighted by atomic mass is 32.2. The molecule has 1 fully saturated rings. The zero-order chi connectivity index (χ0) is 18.0. The quantitative estimate of drug-likeness (QED) is 0.833. The van der Waals surface area contributed by atoms with Crippen LogP contribution in [0, 0.1) is 5.92 Å². The Hall–Kier alpha value is -1.36. The van der Waals surface area contributed by atoms with Gasteiger partial charge in [-0.3, -0.25) is 4.79 Å². The van der Waals surface area contributed by atoms with E-state index in [2.05, 4.69) is 15.5 Å². The van der Waals surface area contributed by atoms with Gasteiger partial charge in [-0.25, -0.2) is 8.42 Å². The minimum absolute atomic E-state index is 0.196. The largest absolute Gasteiger partial charge is 0.300 e. The smallest absolute Gasteiger partial charge is 0.252 e. The van der Waals surface area contributed by atoms with Gasteiger partial charge in [0.05, 0.1) is 5.92 Å². The lowest BCUT2D eigenvalue weighted by atomic mass is 9.99. The van der Waals surface area contributed by atoms with Crippen molar-refractivity contribution in [1.82, 2.24) is 14.5 Å². The second kappa shape index (κ2) is 7.48. The van der Waals surface area contributed by atoms with Crippen LogP contribution in [0.15, 0.2) is 21.7 Å². The topological polar surface area (TPSA) is 92.3 Å². The van der Waals surface area contributed by atoms with E-state index in [1.165, 1.54) is 27.0 Å². The molecule has 3 rings (SSSR count). The Labute approximate surface area is 155 Å². The van der Waals surface area contributed by atoms with Crippen LogP contribution in [-0.4, -0.2) is 41.9 Å². The molecule has 1 unspecified atom stereocenters. The van der Waals surface area contributed by atoms with Crippen LogP contribution in [0.2, 0.25) is 0 Å². The second-order valence-corrected chi connectivity index (χ2v) is 10.3.